The Bertz CT molecular complexity index is 668. The number of methoxy groups -OCH3 is 1. The van der Waals surface area contributed by atoms with Crippen molar-refractivity contribution in [3.63, 3.8) is 0 Å². The van der Waals surface area contributed by atoms with Crippen molar-refractivity contribution >= 4 is 21.4 Å². The van der Waals surface area contributed by atoms with Crippen LogP contribution in [0.5, 0.6) is 5.75 Å². The number of benzene rings is 1. The molecule has 0 saturated heterocycles. The van der Waals surface area contributed by atoms with Crippen molar-refractivity contribution in [1.82, 2.24) is 4.72 Å². The predicted octanol–water partition coefficient (Wildman–Crippen LogP) is 2.16. The molecule has 0 aliphatic rings. The van der Waals surface area contributed by atoms with E-state index >= 15 is 0 Å². The summed E-state index contributed by atoms with van der Waals surface area (Å²) in [5.74, 6) is 0.483. The van der Waals surface area contributed by atoms with Crippen LogP contribution in [-0.2, 0) is 10.0 Å². The van der Waals surface area contributed by atoms with E-state index in [9.17, 15) is 13.5 Å². The number of thiophene rings is 1. The van der Waals surface area contributed by atoms with Crippen molar-refractivity contribution in [1.29, 1.82) is 0 Å². The predicted molar refractivity (Wildman–Crippen MR) is 82.1 cm³/mol. The van der Waals surface area contributed by atoms with Gasteiger partial charge in [0.05, 0.1) is 18.1 Å². The summed E-state index contributed by atoms with van der Waals surface area (Å²) in [7, 11) is -2.11. The van der Waals surface area contributed by atoms with Gasteiger partial charge in [-0.2, -0.15) is 0 Å². The topological polar surface area (TPSA) is 75.6 Å². The molecule has 1 aromatic heterocycles. The van der Waals surface area contributed by atoms with Crippen LogP contribution < -0.4 is 9.46 Å². The number of ether oxygens (including phenoxy) is 1. The van der Waals surface area contributed by atoms with Gasteiger partial charge in [-0.3, -0.25) is 0 Å². The van der Waals surface area contributed by atoms with Crippen molar-refractivity contribution in [3.05, 3.63) is 46.7 Å². The van der Waals surface area contributed by atoms with Crippen LogP contribution in [0.15, 0.2) is 46.7 Å². The van der Waals surface area contributed by atoms with E-state index in [0.717, 1.165) is 4.88 Å². The maximum Gasteiger partial charge on any atom is 0.240 e. The first kappa shape index (κ1) is 16.0. The normalized spacial score (nSPS) is 13.0. The van der Waals surface area contributed by atoms with E-state index in [4.69, 9.17) is 4.74 Å². The average molecular weight is 327 g/mol. The molecule has 2 N–H and O–H groups in total. The summed E-state index contributed by atoms with van der Waals surface area (Å²) in [6.07, 6.45) is -0.331. The Morgan fingerprint density at radius 2 is 2.14 bits per heavy atom. The SMILES string of the molecule is COc1cccc(S(=O)(=O)NCCC(O)c2cccs2)c1. The van der Waals surface area contributed by atoms with Gasteiger partial charge in [0.2, 0.25) is 10.0 Å². The highest BCUT2D eigenvalue weighted by atomic mass is 32.2. The van der Waals surface area contributed by atoms with Crippen LogP contribution in [0.2, 0.25) is 0 Å². The minimum Gasteiger partial charge on any atom is -0.497 e. The number of aliphatic hydroxyl groups excluding tert-OH is 1. The highest BCUT2D eigenvalue weighted by Crippen LogP contribution is 2.21. The number of aliphatic hydroxyl groups is 1. The Morgan fingerprint density at radius 3 is 2.81 bits per heavy atom. The molecule has 1 atom stereocenters. The smallest absolute Gasteiger partial charge is 0.240 e. The van der Waals surface area contributed by atoms with Gasteiger partial charge in [0.1, 0.15) is 5.75 Å². The molecule has 1 heterocycles. The van der Waals surface area contributed by atoms with Gasteiger partial charge in [0.15, 0.2) is 0 Å². The fraction of sp³-hybridized carbons (Fsp3) is 0.286. The third kappa shape index (κ3) is 4.28. The highest BCUT2D eigenvalue weighted by molar-refractivity contribution is 7.89. The van der Waals surface area contributed by atoms with Crippen molar-refractivity contribution in [2.24, 2.45) is 0 Å². The van der Waals surface area contributed by atoms with Gasteiger partial charge in [-0.25, -0.2) is 13.1 Å². The van der Waals surface area contributed by atoms with E-state index in [0.29, 0.717) is 12.2 Å². The number of hydrogen-bond donors (Lipinski definition) is 2. The van der Waals surface area contributed by atoms with Gasteiger partial charge in [0, 0.05) is 17.5 Å². The summed E-state index contributed by atoms with van der Waals surface area (Å²) < 4.78 is 31.7. The molecule has 0 saturated carbocycles. The van der Waals surface area contributed by atoms with Crippen molar-refractivity contribution in [2.75, 3.05) is 13.7 Å². The quantitative estimate of drug-likeness (QED) is 0.817. The van der Waals surface area contributed by atoms with Gasteiger partial charge in [0.25, 0.3) is 0 Å². The Labute approximate surface area is 128 Å². The second-order valence-corrected chi connectivity index (χ2v) is 7.14. The summed E-state index contributed by atoms with van der Waals surface area (Å²) in [5.41, 5.74) is 0. The monoisotopic (exact) mass is 327 g/mol. The number of rotatable bonds is 7. The zero-order chi connectivity index (χ0) is 15.3. The summed E-state index contributed by atoms with van der Waals surface area (Å²) in [6.45, 7) is 0.165. The second-order valence-electron chi connectivity index (χ2n) is 4.40. The summed E-state index contributed by atoms with van der Waals surface area (Å²) >= 11 is 1.45. The van der Waals surface area contributed by atoms with Crippen molar-refractivity contribution in [2.45, 2.75) is 17.4 Å². The molecule has 0 fully saturated rings. The van der Waals surface area contributed by atoms with Crippen LogP contribution in [0.1, 0.15) is 17.4 Å². The molecule has 0 aliphatic heterocycles. The van der Waals surface area contributed by atoms with E-state index in [1.165, 1.54) is 30.6 Å². The Morgan fingerprint density at radius 1 is 1.33 bits per heavy atom. The molecule has 0 aliphatic carbocycles. The Hall–Kier alpha value is -1.41. The van der Waals surface area contributed by atoms with E-state index in [-0.39, 0.29) is 11.4 Å². The zero-order valence-corrected chi connectivity index (χ0v) is 13.2. The largest absolute Gasteiger partial charge is 0.497 e. The fourth-order valence-electron chi connectivity index (χ4n) is 1.80. The van der Waals surface area contributed by atoms with Crippen LogP contribution in [0.25, 0.3) is 0 Å². The molecule has 2 aromatic rings. The molecule has 1 aromatic carbocycles. The van der Waals surface area contributed by atoms with Crippen LogP contribution in [0, 0.1) is 0 Å². The van der Waals surface area contributed by atoms with Gasteiger partial charge in [-0.05, 0) is 30.0 Å². The van der Waals surface area contributed by atoms with Crippen molar-refractivity contribution < 1.29 is 18.3 Å². The lowest BCUT2D eigenvalue weighted by atomic mass is 10.2. The lowest BCUT2D eigenvalue weighted by Crippen LogP contribution is -2.25. The summed E-state index contributed by atoms with van der Waals surface area (Å²) in [4.78, 5) is 0.975. The van der Waals surface area contributed by atoms with Crippen molar-refractivity contribution in [3.8, 4) is 5.75 Å². The van der Waals surface area contributed by atoms with E-state index < -0.39 is 16.1 Å². The standard InChI is InChI=1S/C14H17NO4S2/c1-19-11-4-2-5-12(10-11)21(17,18)15-8-7-13(16)14-6-3-9-20-14/h2-6,9-10,13,15-16H,7-8H2,1H3. The fourth-order valence-corrected chi connectivity index (χ4v) is 3.63. The van der Waals surface area contributed by atoms with Crippen LogP contribution >= 0.6 is 11.3 Å². The van der Waals surface area contributed by atoms with Crippen LogP contribution in [-0.4, -0.2) is 27.2 Å². The first-order valence-corrected chi connectivity index (χ1v) is 8.74. The Kier molecular flexibility index (Phi) is 5.35. The molecule has 0 amide bonds. The summed E-state index contributed by atoms with van der Waals surface area (Å²) in [6, 6.07) is 9.93. The van der Waals surface area contributed by atoms with Gasteiger partial charge in [-0.1, -0.05) is 12.1 Å². The zero-order valence-electron chi connectivity index (χ0n) is 11.5. The minimum atomic E-state index is -3.60. The van der Waals surface area contributed by atoms with E-state index in [1.807, 2.05) is 17.5 Å². The number of sulfonamides is 1. The maximum absolute atomic E-state index is 12.1. The molecule has 0 spiro atoms. The third-order valence-electron chi connectivity index (χ3n) is 2.93. The number of hydrogen-bond acceptors (Lipinski definition) is 5. The van der Waals surface area contributed by atoms with Crippen LogP contribution in [0.4, 0.5) is 0 Å². The molecule has 0 bridgehead atoms. The maximum atomic E-state index is 12.1. The molecular formula is C14H17NO4S2. The van der Waals surface area contributed by atoms with Crippen LogP contribution in [0.3, 0.4) is 0 Å². The van der Waals surface area contributed by atoms with E-state index in [1.54, 1.807) is 12.1 Å². The minimum absolute atomic E-state index is 0.146. The van der Waals surface area contributed by atoms with Gasteiger partial charge >= 0.3 is 0 Å². The molecule has 114 valence electrons. The lowest BCUT2D eigenvalue weighted by molar-refractivity contribution is 0.173. The molecule has 5 nitrogen and oxygen atoms in total. The lowest BCUT2D eigenvalue weighted by Gasteiger charge is -2.10. The average Bonchev–Trinajstić information content (AvgIpc) is 3.01. The molecule has 21 heavy (non-hydrogen) atoms. The molecular weight excluding hydrogens is 310 g/mol. The Balaban J connectivity index is 1.95. The molecule has 0 radical (unpaired) electrons. The molecule has 7 heteroatoms. The molecule has 2 rings (SSSR count). The molecule has 1 unspecified atom stereocenters. The second kappa shape index (κ2) is 7.04. The summed E-state index contributed by atoms with van der Waals surface area (Å²) in [5, 5.41) is 11.8. The van der Waals surface area contributed by atoms with Gasteiger partial charge in [-0.15, -0.1) is 11.3 Å². The first-order chi connectivity index (χ1) is 10.0. The first-order valence-electron chi connectivity index (χ1n) is 6.38. The highest BCUT2D eigenvalue weighted by Gasteiger charge is 2.15. The third-order valence-corrected chi connectivity index (χ3v) is 5.37. The number of nitrogens with one attached hydrogen (secondary N) is 1. The van der Waals surface area contributed by atoms with Gasteiger partial charge < -0.3 is 9.84 Å². The van der Waals surface area contributed by atoms with E-state index in [2.05, 4.69) is 4.72 Å².